The zero-order valence-electron chi connectivity index (χ0n) is 19.3. The molecule has 1 aromatic heterocycles. The number of aromatic nitrogens is 2. The van der Waals surface area contributed by atoms with Gasteiger partial charge in [0.1, 0.15) is 0 Å². The molecule has 0 N–H and O–H groups in total. The van der Waals surface area contributed by atoms with E-state index in [0.717, 1.165) is 57.3 Å². The van der Waals surface area contributed by atoms with Crippen molar-refractivity contribution in [1.29, 1.82) is 0 Å². The Bertz CT molecular complexity index is 913. The van der Waals surface area contributed by atoms with Crippen molar-refractivity contribution in [3.05, 3.63) is 47.3 Å². The third-order valence-corrected chi connectivity index (χ3v) is 7.89. The van der Waals surface area contributed by atoms with Crippen LogP contribution >= 0.6 is 11.8 Å². The van der Waals surface area contributed by atoms with Gasteiger partial charge in [-0.3, -0.25) is 9.69 Å². The highest BCUT2D eigenvalue weighted by molar-refractivity contribution is 7.99. The lowest BCUT2D eigenvalue weighted by molar-refractivity contribution is -0.136. The van der Waals surface area contributed by atoms with Crippen LogP contribution in [0.15, 0.2) is 35.7 Å². The zero-order chi connectivity index (χ0) is 22.0. The van der Waals surface area contributed by atoms with Crippen LogP contribution in [0, 0.1) is 13.8 Å². The number of aryl methyl sites for hydroxylation is 3. The summed E-state index contributed by atoms with van der Waals surface area (Å²) >= 11 is 1.81. The number of hydrogen-bond acceptors (Lipinski definition) is 5. The van der Waals surface area contributed by atoms with Crippen molar-refractivity contribution < 1.29 is 4.79 Å². The Hall–Kier alpha value is -1.83. The van der Waals surface area contributed by atoms with E-state index in [2.05, 4.69) is 63.3 Å². The third kappa shape index (κ3) is 5.33. The topological polar surface area (TPSA) is 44.6 Å². The van der Waals surface area contributed by atoms with Crippen LogP contribution in [0.4, 0.5) is 0 Å². The van der Waals surface area contributed by atoms with Crippen LogP contribution in [-0.2, 0) is 18.4 Å². The van der Waals surface area contributed by atoms with Gasteiger partial charge in [0.25, 0.3) is 0 Å². The predicted molar refractivity (Wildman–Crippen MR) is 126 cm³/mol. The molecule has 4 rings (SSSR count). The highest BCUT2D eigenvalue weighted by Crippen LogP contribution is 2.34. The minimum atomic E-state index is -0.0545. The molecular formula is C24H35N5OS. The second-order valence-corrected chi connectivity index (χ2v) is 10.4. The van der Waals surface area contributed by atoms with Gasteiger partial charge in [-0.05, 0) is 51.4 Å². The first kappa shape index (κ1) is 22.4. The second kappa shape index (κ2) is 9.76. The molecule has 0 saturated carbocycles. The molecular weight excluding hydrogens is 406 g/mol. The maximum atomic E-state index is 13.7. The van der Waals surface area contributed by atoms with E-state index in [1.165, 1.54) is 16.7 Å². The molecule has 2 aliphatic heterocycles. The summed E-state index contributed by atoms with van der Waals surface area (Å²) in [5.41, 5.74) is 3.90. The Morgan fingerprint density at radius 2 is 2.00 bits per heavy atom. The van der Waals surface area contributed by atoms with E-state index >= 15 is 0 Å². The SMILES string of the molecule is Cc1ccc(C)c(CN2C[C@H](Sc3nccn3C)C[C@H]2C(=O)N2CCCN(C)CC2)c1. The van der Waals surface area contributed by atoms with E-state index in [-0.39, 0.29) is 6.04 Å². The van der Waals surface area contributed by atoms with Crippen LogP contribution in [0.3, 0.4) is 0 Å². The van der Waals surface area contributed by atoms with Gasteiger partial charge in [0.2, 0.25) is 5.91 Å². The monoisotopic (exact) mass is 441 g/mol. The molecule has 0 aliphatic carbocycles. The molecule has 1 aromatic carbocycles. The van der Waals surface area contributed by atoms with E-state index in [0.29, 0.717) is 11.2 Å². The summed E-state index contributed by atoms with van der Waals surface area (Å²) in [5.74, 6) is 0.309. The molecule has 31 heavy (non-hydrogen) atoms. The van der Waals surface area contributed by atoms with Crippen LogP contribution in [0.1, 0.15) is 29.5 Å². The molecule has 0 spiro atoms. The first-order valence-electron chi connectivity index (χ1n) is 11.3. The van der Waals surface area contributed by atoms with Crippen molar-refractivity contribution in [2.75, 3.05) is 39.8 Å². The van der Waals surface area contributed by atoms with Crippen LogP contribution < -0.4 is 0 Å². The summed E-state index contributed by atoms with van der Waals surface area (Å²) in [6.45, 7) is 9.79. The number of thioether (sulfide) groups is 1. The van der Waals surface area contributed by atoms with Gasteiger partial charge in [-0.25, -0.2) is 4.98 Å². The number of nitrogens with zero attached hydrogens (tertiary/aromatic N) is 5. The van der Waals surface area contributed by atoms with Gasteiger partial charge in [-0.15, -0.1) is 0 Å². The lowest BCUT2D eigenvalue weighted by atomic mass is 10.0. The van der Waals surface area contributed by atoms with Crippen LogP contribution in [0.25, 0.3) is 0 Å². The molecule has 1 amide bonds. The number of amides is 1. The van der Waals surface area contributed by atoms with Crippen LogP contribution in [-0.4, -0.2) is 81.2 Å². The maximum Gasteiger partial charge on any atom is 0.240 e. The van der Waals surface area contributed by atoms with Crippen LogP contribution in [0.2, 0.25) is 0 Å². The molecule has 0 radical (unpaired) electrons. The summed E-state index contributed by atoms with van der Waals surface area (Å²) in [4.78, 5) is 25.0. The molecule has 2 saturated heterocycles. The number of imidazole rings is 1. The van der Waals surface area contributed by atoms with Crippen molar-refractivity contribution >= 4 is 17.7 Å². The van der Waals surface area contributed by atoms with Crippen molar-refractivity contribution in [2.45, 2.75) is 49.7 Å². The van der Waals surface area contributed by atoms with Gasteiger partial charge >= 0.3 is 0 Å². The number of hydrogen-bond donors (Lipinski definition) is 0. The first-order chi connectivity index (χ1) is 14.9. The van der Waals surface area contributed by atoms with Crippen molar-refractivity contribution in [2.24, 2.45) is 7.05 Å². The molecule has 2 aromatic rings. The summed E-state index contributed by atoms with van der Waals surface area (Å²) in [7, 11) is 4.18. The largest absolute Gasteiger partial charge is 0.340 e. The van der Waals surface area contributed by atoms with Crippen molar-refractivity contribution in [1.82, 2.24) is 24.3 Å². The fraction of sp³-hybridized carbons (Fsp3) is 0.583. The Labute approximate surface area is 190 Å². The number of carbonyl (C=O) groups is 1. The third-order valence-electron chi connectivity index (χ3n) is 6.61. The molecule has 2 atom stereocenters. The number of likely N-dealkylation sites (N-methyl/N-ethyl adjacent to an activating group) is 1. The normalized spacial score (nSPS) is 23.3. The molecule has 6 nitrogen and oxygen atoms in total. The van der Waals surface area contributed by atoms with Gasteiger partial charge in [-0.1, -0.05) is 35.5 Å². The lowest BCUT2D eigenvalue weighted by Gasteiger charge is -2.30. The maximum absolute atomic E-state index is 13.7. The quantitative estimate of drug-likeness (QED) is 0.714. The lowest BCUT2D eigenvalue weighted by Crippen LogP contribution is -2.46. The Morgan fingerprint density at radius 1 is 1.16 bits per heavy atom. The summed E-state index contributed by atoms with van der Waals surface area (Å²) in [6.07, 6.45) is 5.77. The van der Waals surface area contributed by atoms with Crippen LogP contribution in [0.5, 0.6) is 0 Å². The summed E-state index contributed by atoms with van der Waals surface area (Å²) in [6, 6.07) is 6.58. The average molecular weight is 442 g/mol. The zero-order valence-corrected chi connectivity index (χ0v) is 20.1. The number of carbonyl (C=O) groups excluding carboxylic acids is 1. The van der Waals surface area contributed by atoms with E-state index in [4.69, 9.17) is 0 Å². The summed E-state index contributed by atoms with van der Waals surface area (Å²) in [5, 5.41) is 1.40. The smallest absolute Gasteiger partial charge is 0.240 e. The Balaban J connectivity index is 1.53. The molecule has 168 valence electrons. The minimum absolute atomic E-state index is 0.0545. The van der Waals surface area contributed by atoms with Gasteiger partial charge in [-0.2, -0.15) is 0 Å². The van der Waals surface area contributed by atoms with Crippen molar-refractivity contribution in [3.8, 4) is 0 Å². The molecule has 0 bridgehead atoms. The highest BCUT2D eigenvalue weighted by atomic mass is 32.2. The Morgan fingerprint density at radius 3 is 2.77 bits per heavy atom. The first-order valence-corrected chi connectivity index (χ1v) is 12.2. The number of likely N-dealkylation sites (tertiary alicyclic amines) is 1. The van der Waals surface area contributed by atoms with E-state index < -0.39 is 0 Å². The Kier molecular flexibility index (Phi) is 7.04. The van der Waals surface area contributed by atoms with Crippen molar-refractivity contribution in [3.63, 3.8) is 0 Å². The van der Waals surface area contributed by atoms with Gasteiger partial charge in [0, 0.05) is 57.4 Å². The number of benzene rings is 1. The molecule has 0 unspecified atom stereocenters. The van der Waals surface area contributed by atoms with Gasteiger partial charge < -0.3 is 14.4 Å². The molecule has 3 heterocycles. The van der Waals surface area contributed by atoms with Gasteiger partial charge in [0.05, 0.1) is 6.04 Å². The molecule has 2 aliphatic rings. The predicted octanol–water partition coefficient (Wildman–Crippen LogP) is 2.94. The average Bonchev–Trinajstić information content (AvgIpc) is 3.25. The number of rotatable bonds is 5. The molecule has 2 fully saturated rings. The van der Waals surface area contributed by atoms with E-state index in [1.54, 1.807) is 0 Å². The van der Waals surface area contributed by atoms with Gasteiger partial charge in [0.15, 0.2) is 5.16 Å². The minimum Gasteiger partial charge on any atom is -0.340 e. The molecule has 7 heteroatoms. The fourth-order valence-electron chi connectivity index (χ4n) is 4.66. The van der Waals surface area contributed by atoms with E-state index in [9.17, 15) is 4.79 Å². The summed E-state index contributed by atoms with van der Waals surface area (Å²) < 4.78 is 2.07. The standard InChI is InChI=1S/C24H35N5OS/c1-18-6-7-19(2)20(14-18)16-29-17-21(31-24-25-8-11-27(24)4)15-22(29)23(30)28-10-5-9-26(3)12-13-28/h6-8,11,14,21-22H,5,9-10,12-13,15-17H2,1-4H3/t21-,22+/m1/s1. The fourth-order valence-corrected chi connectivity index (χ4v) is 5.85. The second-order valence-electron chi connectivity index (χ2n) is 9.15. The highest BCUT2D eigenvalue weighted by Gasteiger charge is 2.40. The van der Waals surface area contributed by atoms with E-state index in [1.807, 2.05) is 31.2 Å².